The largest absolute Gasteiger partial charge is 0.317 e. The number of piperidine rings is 1. The molecule has 1 fully saturated rings. The predicted molar refractivity (Wildman–Crippen MR) is 60.6 cm³/mol. The molecule has 4 heteroatoms. The Labute approximate surface area is 99.0 Å². The van der Waals surface area contributed by atoms with Gasteiger partial charge in [-0.15, -0.1) is 0 Å². The Kier molecular flexibility index (Phi) is 4.05. The van der Waals surface area contributed by atoms with Crippen LogP contribution >= 0.6 is 0 Å². The summed E-state index contributed by atoms with van der Waals surface area (Å²) in [5, 5.41) is 3.16. The van der Waals surface area contributed by atoms with Crippen molar-refractivity contribution in [2.24, 2.45) is 5.92 Å². The number of hydrogen-bond acceptors (Lipinski definition) is 1. The third-order valence-corrected chi connectivity index (χ3v) is 3.33. The molecule has 1 heterocycles. The van der Waals surface area contributed by atoms with Gasteiger partial charge in [0.15, 0.2) is 0 Å². The Balaban J connectivity index is 1.99. The van der Waals surface area contributed by atoms with Crippen molar-refractivity contribution in [3.8, 4) is 0 Å². The standard InChI is InChI=1S/C13H16F3N/c14-11-2-1-10(13(16)8-11)7-12(15)9-3-5-17-6-4-9/h1-2,8-9,12,17H,3-7H2. The van der Waals surface area contributed by atoms with E-state index in [0.717, 1.165) is 32.0 Å². The minimum Gasteiger partial charge on any atom is -0.317 e. The van der Waals surface area contributed by atoms with E-state index in [1.165, 1.54) is 12.1 Å². The van der Waals surface area contributed by atoms with Gasteiger partial charge in [-0.2, -0.15) is 0 Å². The highest BCUT2D eigenvalue weighted by Crippen LogP contribution is 2.23. The summed E-state index contributed by atoms with van der Waals surface area (Å²) in [4.78, 5) is 0. The van der Waals surface area contributed by atoms with Gasteiger partial charge in [-0.25, -0.2) is 13.2 Å². The molecule has 0 bridgehead atoms. The van der Waals surface area contributed by atoms with Crippen molar-refractivity contribution in [3.05, 3.63) is 35.4 Å². The number of hydrogen-bond donors (Lipinski definition) is 1. The first-order chi connectivity index (χ1) is 8.16. The zero-order chi connectivity index (χ0) is 12.3. The average Bonchev–Trinajstić information content (AvgIpc) is 2.34. The molecule has 1 unspecified atom stereocenters. The second-order valence-electron chi connectivity index (χ2n) is 4.54. The van der Waals surface area contributed by atoms with Gasteiger partial charge in [-0.1, -0.05) is 6.07 Å². The van der Waals surface area contributed by atoms with Gasteiger partial charge in [-0.3, -0.25) is 0 Å². The summed E-state index contributed by atoms with van der Waals surface area (Å²) in [5.41, 5.74) is 0.262. The molecule has 1 atom stereocenters. The zero-order valence-corrected chi connectivity index (χ0v) is 9.56. The molecule has 1 aromatic carbocycles. The summed E-state index contributed by atoms with van der Waals surface area (Å²) in [5.74, 6) is -1.29. The molecule has 1 saturated heterocycles. The van der Waals surface area contributed by atoms with Crippen LogP contribution in [-0.2, 0) is 6.42 Å². The molecule has 2 rings (SSSR count). The third-order valence-electron chi connectivity index (χ3n) is 3.33. The van der Waals surface area contributed by atoms with Crippen molar-refractivity contribution in [1.29, 1.82) is 0 Å². The van der Waals surface area contributed by atoms with Crippen molar-refractivity contribution in [1.82, 2.24) is 5.32 Å². The molecule has 1 nitrogen and oxygen atoms in total. The van der Waals surface area contributed by atoms with Crippen molar-refractivity contribution >= 4 is 0 Å². The third kappa shape index (κ3) is 3.22. The summed E-state index contributed by atoms with van der Waals surface area (Å²) < 4.78 is 40.0. The van der Waals surface area contributed by atoms with Crippen LogP contribution in [0.2, 0.25) is 0 Å². The zero-order valence-electron chi connectivity index (χ0n) is 9.56. The minimum atomic E-state index is -1.04. The number of halogens is 3. The fraction of sp³-hybridized carbons (Fsp3) is 0.538. The molecule has 1 aromatic rings. The highest BCUT2D eigenvalue weighted by atomic mass is 19.1. The van der Waals surface area contributed by atoms with Crippen molar-refractivity contribution in [3.63, 3.8) is 0 Å². The summed E-state index contributed by atoms with van der Waals surface area (Å²) >= 11 is 0. The number of alkyl halides is 1. The Bertz CT molecular complexity index is 375. The Morgan fingerprint density at radius 2 is 1.94 bits per heavy atom. The van der Waals surface area contributed by atoms with E-state index in [1.807, 2.05) is 0 Å². The SMILES string of the molecule is Fc1ccc(CC(F)C2CCNCC2)c(F)c1. The van der Waals surface area contributed by atoms with Crippen molar-refractivity contribution in [2.45, 2.75) is 25.4 Å². The lowest BCUT2D eigenvalue weighted by Crippen LogP contribution is -2.33. The normalized spacial score (nSPS) is 19.2. The van der Waals surface area contributed by atoms with Crippen LogP contribution in [0.3, 0.4) is 0 Å². The van der Waals surface area contributed by atoms with Gasteiger partial charge in [-0.05, 0) is 43.5 Å². The van der Waals surface area contributed by atoms with E-state index in [0.29, 0.717) is 0 Å². The van der Waals surface area contributed by atoms with E-state index < -0.39 is 17.8 Å². The van der Waals surface area contributed by atoms with E-state index in [2.05, 4.69) is 5.32 Å². The lowest BCUT2D eigenvalue weighted by atomic mass is 9.89. The first-order valence-electron chi connectivity index (χ1n) is 5.95. The average molecular weight is 243 g/mol. The first-order valence-corrected chi connectivity index (χ1v) is 5.95. The van der Waals surface area contributed by atoms with E-state index >= 15 is 0 Å². The molecule has 94 valence electrons. The van der Waals surface area contributed by atoms with Crippen molar-refractivity contribution < 1.29 is 13.2 Å². The molecule has 1 aliphatic rings. The lowest BCUT2D eigenvalue weighted by Gasteiger charge is -2.25. The fourth-order valence-corrected chi connectivity index (χ4v) is 2.27. The van der Waals surface area contributed by atoms with Gasteiger partial charge in [0.25, 0.3) is 0 Å². The van der Waals surface area contributed by atoms with Crippen LogP contribution in [-0.4, -0.2) is 19.3 Å². The van der Waals surface area contributed by atoms with Gasteiger partial charge in [0.1, 0.15) is 17.8 Å². The number of nitrogens with one attached hydrogen (secondary N) is 1. The van der Waals surface area contributed by atoms with Crippen LogP contribution in [0.15, 0.2) is 18.2 Å². The molecule has 0 spiro atoms. The quantitative estimate of drug-likeness (QED) is 0.860. The van der Waals surface area contributed by atoms with Crippen LogP contribution in [0.5, 0.6) is 0 Å². The molecule has 0 aliphatic carbocycles. The van der Waals surface area contributed by atoms with Crippen LogP contribution in [0, 0.1) is 17.6 Å². The summed E-state index contributed by atoms with van der Waals surface area (Å²) in [7, 11) is 0. The van der Waals surface area contributed by atoms with E-state index in [4.69, 9.17) is 0 Å². The minimum absolute atomic E-state index is 0.0132. The van der Waals surface area contributed by atoms with Crippen LogP contribution in [0.1, 0.15) is 18.4 Å². The van der Waals surface area contributed by atoms with Gasteiger partial charge in [0.05, 0.1) is 0 Å². The molecule has 0 radical (unpaired) electrons. The maximum Gasteiger partial charge on any atom is 0.129 e. The van der Waals surface area contributed by atoms with Crippen LogP contribution in [0.25, 0.3) is 0 Å². The van der Waals surface area contributed by atoms with Gasteiger partial charge >= 0.3 is 0 Å². The smallest absolute Gasteiger partial charge is 0.129 e. The second-order valence-corrected chi connectivity index (χ2v) is 4.54. The Morgan fingerprint density at radius 1 is 1.24 bits per heavy atom. The summed E-state index contributed by atoms with van der Waals surface area (Å²) in [6, 6.07) is 3.32. The predicted octanol–water partition coefficient (Wildman–Crippen LogP) is 2.85. The lowest BCUT2D eigenvalue weighted by molar-refractivity contribution is 0.186. The number of rotatable bonds is 3. The molecular weight excluding hydrogens is 227 g/mol. The molecule has 0 aromatic heterocycles. The summed E-state index contributed by atoms with van der Waals surface area (Å²) in [6.07, 6.45) is 0.558. The maximum absolute atomic E-state index is 14.0. The number of benzene rings is 1. The molecular formula is C13H16F3N. The Morgan fingerprint density at radius 3 is 2.59 bits per heavy atom. The maximum atomic E-state index is 14.0. The monoisotopic (exact) mass is 243 g/mol. The summed E-state index contributed by atoms with van der Waals surface area (Å²) in [6.45, 7) is 1.63. The molecule has 0 saturated carbocycles. The second kappa shape index (κ2) is 5.54. The van der Waals surface area contributed by atoms with Crippen LogP contribution < -0.4 is 5.32 Å². The van der Waals surface area contributed by atoms with E-state index in [1.54, 1.807) is 0 Å². The van der Waals surface area contributed by atoms with Gasteiger partial charge in [0.2, 0.25) is 0 Å². The fourth-order valence-electron chi connectivity index (χ4n) is 2.27. The molecule has 1 N–H and O–H groups in total. The topological polar surface area (TPSA) is 12.0 Å². The highest BCUT2D eigenvalue weighted by Gasteiger charge is 2.24. The van der Waals surface area contributed by atoms with Gasteiger partial charge < -0.3 is 5.32 Å². The molecule has 17 heavy (non-hydrogen) atoms. The van der Waals surface area contributed by atoms with Gasteiger partial charge in [0, 0.05) is 12.5 Å². The van der Waals surface area contributed by atoms with Crippen molar-refractivity contribution in [2.75, 3.05) is 13.1 Å². The van der Waals surface area contributed by atoms with E-state index in [9.17, 15) is 13.2 Å². The Hall–Kier alpha value is -1.03. The molecule has 1 aliphatic heterocycles. The molecule has 0 amide bonds. The van der Waals surface area contributed by atoms with E-state index in [-0.39, 0.29) is 17.9 Å². The first kappa shape index (κ1) is 12.4. The highest BCUT2D eigenvalue weighted by molar-refractivity contribution is 5.19. The van der Waals surface area contributed by atoms with Crippen LogP contribution in [0.4, 0.5) is 13.2 Å².